The number of nitrogens with zero attached hydrogens (tertiary/aromatic N) is 4. The Hall–Kier alpha value is -2.96. The zero-order chi connectivity index (χ0) is 19.8. The third kappa shape index (κ3) is 1.84. The number of likely N-dealkylation sites (N-methyl/N-ethyl adjacent to an activating group) is 1. The monoisotopic (exact) mass is 413 g/mol. The third-order valence-corrected chi connectivity index (χ3v) is 6.50. The Balaban J connectivity index is 1.99. The number of anilines is 1. The van der Waals surface area contributed by atoms with E-state index in [9.17, 15) is 14.9 Å². The first-order valence-corrected chi connectivity index (χ1v) is 9.72. The molecule has 5 rings (SSSR count). The summed E-state index contributed by atoms with van der Waals surface area (Å²) in [4.78, 5) is 32.8. The first-order chi connectivity index (χ1) is 13.4. The van der Waals surface area contributed by atoms with E-state index < -0.39 is 16.9 Å². The molecule has 0 aliphatic carbocycles. The van der Waals surface area contributed by atoms with E-state index in [-0.39, 0.29) is 22.9 Å². The number of hydrogen-bond donors (Lipinski definition) is 1. The van der Waals surface area contributed by atoms with Crippen molar-refractivity contribution in [1.29, 1.82) is 5.26 Å². The highest BCUT2D eigenvalue weighted by molar-refractivity contribution is 7.99. The molecule has 10 heteroatoms. The first kappa shape index (κ1) is 17.2. The summed E-state index contributed by atoms with van der Waals surface area (Å²) in [5.74, 6) is -0.0809. The predicted octanol–water partition coefficient (Wildman–Crippen LogP) is 1.35. The lowest BCUT2D eigenvalue weighted by molar-refractivity contribution is -0.120. The Kier molecular flexibility index (Phi) is 3.39. The highest BCUT2D eigenvalue weighted by Crippen LogP contribution is 2.54. The molecule has 1 aromatic carbocycles. The fourth-order valence-corrected chi connectivity index (χ4v) is 5.22. The highest BCUT2D eigenvalue weighted by Gasteiger charge is 2.60. The molecule has 0 radical (unpaired) electrons. The highest BCUT2D eigenvalue weighted by atomic mass is 35.5. The van der Waals surface area contributed by atoms with Gasteiger partial charge in [0, 0.05) is 35.6 Å². The van der Waals surface area contributed by atoms with Crippen LogP contribution >= 0.6 is 23.4 Å². The fourth-order valence-electron chi connectivity index (χ4n) is 4.11. The topological polar surface area (TPSA) is 114 Å². The molecule has 1 amide bonds. The van der Waals surface area contributed by atoms with Gasteiger partial charge in [-0.3, -0.25) is 14.2 Å². The van der Waals surface area contributed by atoms with Crippen molar-refractivity contribution in [3.63, 3.8) is 0 Å². The van der Waals surface area contributed by atoms with E-state index in [0.717, 1.165) is 0 Å². The van der Waals surface area contributed by atoms with Crippen LogP contribution in [0.3, 0.4) is 0 Å². The molecule has 0 saturated heterocycles. The van der Waals surface area contributed by atoms with Crippen molar-refractivity contribution in [2.75, 3.05) is 17.7 Å². The standard InChI is InChI=1S/C18H12ClN5O3S/c1-23-11-3-2-8(19)6-9(11)18(16(23)26)10(7-20)13(21)27-14-12(18)15(25)24-4-5-28-17(24)22-14/h2-3,6H,4-5,21H2,1H3. The molecule has 3 aliphatic rings. The number of halogens is 1. The summed E-state index contributed by atoms with van der Waals surface area (Å²) in [5, 5.41) is 10.8. The first-order valence-electron chi connectivity index (χ1n) is 8.35. The van der Waals surface area contributed by atoms with Gasteiger partial charge in [0.15, 0.2) is 10.6 Å². The van der Waals surface area contributed by atoms with Gasteiger partial charge in [0.1, 0.15) is 17.2 Å². The summed E-state index contributed by atoms with van der Waals surface area (Å²) in [5.41, 5.74) is 4.71. The predicted molar refractivity (Wildman–Crippen MR) is 102 cm³/mol. The molecule has 1 unspecified atom stereocenters. The van der Waals surface area contributed by atoms with Crippen LogP contribution in [-0.4, -0.2) is 28.3 Å². The molecule has 1 spiro atoms. The zero-order valence-corrected chi connectivity index (χ0v) is 16.1. The summed E-state index contributed by atoms with van der Waals surface area (Å²) < 4.78 is 7.05. The van der Waals surface area contributed by atoms with Crippen LogP contribution in [0.1, 0.15) is 11.1 Å². The second kappa shape index (κ2) is 5.53. The van der Waals surface area contributed by atoms with Crippen LogP contribution < -0.4 is 20.9 Å². The van der Waals surface area contributed by atoms with Crippen LogP contribution in [0.5, 0.6) is 5.88 Å². The third-order valence-electron chi connectivity index (χ3n) is 5.31. The van der Waals surface area contributed by atoms with Crippen molar-refractivity contribution < 1.29 is 9.53 Å². The molecule has 2 aromatic rings. The average molecular weight is 414 g/mol. The number of nitrogens with two attached hydrogens (primary N) is 1. The minimum atomic E-state index is -1.74. The molecule has 0 saturated carbocycles. The van der Waals surface area contributed by atoms with Crippen LogP contribution in [-0.2, 0) is 16.8 Å². The normalized spacial score (nSPS) is 22.0. The molecule has 4 heterocycles. The van der Waals surface area contributed by atoms with E-state index in [1.165, 1.54) is 21.2 Å². The summed E-state index contributed by atoms with van der Waals surface area (Å²) in [6, 6.07) is 6.90. The van der Waals surface area contributed by atoms with Gasteiger partial charge in [-0.1, -0.05) is 23.4 Å². The van der Waals surface area contributed by atoms with Gasteiger partial charge in [-0.25, -0.2) is 0 Å². The summed E-state index contributed by atoms with van der Waals surface area (Å²) in [7, 11) is 1.58. The molecule has 0 fully saturated rings. The van der Waals surface area contributed by atoms with Gasteiger partial charge in [-0.05, 0) is 18.2 Å². The molecule has 2 N–H and O–H groups in total. The summed E-state index contributed by atoms with van der Waals surface area (Å²) >= 11 is 7.63. The van der Waals surface area contributed by atoms with Gasteiger partial charge in [0.25, 0.3) is 5.56 Å². The number of ether oxygens (including phenoxy) is 1. The van der Waals surface area contributed by atoms with Crippen molar-refractivity contribution in [3.05, 3.63) is 56.2 Å². The number of carbonyl (C=O) groups excluding carboxylic acids is 1. The molecule has 28 heavy (non-hydrogen) atoms. The van der Waals surface area contributed by atoms with E-state index in [0.29, 0.717) is 33.7 Å². The minimum absolute atomic E-state index is 0.00219. The number of thioether (sulfide) groups is 1. The lowest BCUT2D eigenvalue weighted by atomic mass is 9.69. The zero-order valence-electron chi connectivity index (χ0n) is 14.5. The second-order valence-electron chi connectivity index (χ2n) is 6.61. The van der Waals surface area contributed by atoms with E-state index in [2.05, 4.69) is 4.98 Å². The Labute approximate surface area is 168 Å². The van der Waals surface area contributed by atoms with Gasteiger partial charge in [-0.2, -0.15) is 10.2 Å². The number of fused-ring (bicyclic) bond motifs is 5. The van der Waals surface area contributed by atoms with Crippen molar-refractivity contribution in [2.45, 2.75) is 17.1 Å². The maximum Gasteiger partial charge on any atom is 0.263 e. The maximum absolute atomic E-state index is 13.6. The number of carbonyl (C=O) groups is 1. The summed E-state index contributed by atoms with van der Waals surface area (Å²) in [6.07, 6.45) is 0. The molecule has 0 bridgehead atoms. The number of amides is 1. The van der Waals surface area contributed by atoms with Crippen molar-refractivity contribution in [2.24, 2.45) is 5.73 Å². The van der Waals surface area contributed by atoms with Crippen molar-refractivity contribution in [1.82, 2.24) is 9.55 Å². The lowest BCUT2D eigenvalue weighted by Crippen LogP contribution is -2.49. The largest absolute Gasteiger partial charge is 0.421 e. The van der Waals surface area contributed by atoms with Crippen molar-refractivity contribution in [3.8, 4) is 11.9 Å². The van der Waals surface area contributed by atoms with Gasteiger partial charge in [0.05, 0.1) is 0 Å². The number of hydrogen-bond acceptors (Lipinski definition) is 7. The van der Waals surface area contributed by atoms with E-state index >= 15 is 0 Å². The Bertz CT molecular complexity index is 1230. The molecule has 8 nitrogen and oxygen atoms in total. The fraction of sp³-hybridized carbons (Fsp3) is 0.222. The quantitative estimate of drug-likeness (QED) is 0.648. The Morgan fingerprint density at radius 1 is 1.43 bits per heavy atom. The molecule has 1 aromatic heterocycles. The molecular formula is C18H12ClN5O3S. The van der Waals surface area contributed by atoms with E-state index in [1.54, 1.807) is 25.2 Å². The number of aromatic nitrogens is 2. The van der Waals surface area contributed by atoms with Crippen LogP contribution in [0.15, 0.2) is 39.6 Å². The van der Waals surface area contributed by atoms with Crippen LogP contribution in [0, 0.1) is 11.3 Å². The SMILES string of the molecule is CN1C(=O)C2(C(C#N)=C(N)Oc3nc4n(c(=O)c32)CCS4)c2cc(Cl)ccc21. The minimum Gasteiger partial charge on any atom is -0.421 e. The summed E-state index contributed by atoms with van der Waals surface area (Å²) in [6.45, 7) is 0.461. The van der Waals surface area contributed by atoms with Crippen LogP contribution in [0.2, 0.25) is 5.02 Å². The average Bonchev–Trinajstić information content (AvgIpc) is 3.21. The molecule has 1 atom stereocenters. The van der Waals surface area contributed by atoms with Gasteiger partial charge in [-0.15, -0.1) is 0 Å². The molecule has 3 aliphatic heterocycles. The van der Waals surface area contributed by atoms with Gasteiger partial charge in [0.2, 0.25) is 17.7 Å². The van der Waals surface area contributed by atoms with Crippen molar-refractivity contribution >= 4 is 35.0 Å². The molecular weight excluding hydrogens is 402 g/mol. The van der Waals surface area contributed by atoms with Crippen LogP contribution in [0.4, 0.5) is 5.69 Å². The maximum atomic E-state index is 13.6. The van der Waals surface area contributed by atoms with Gasteiger partial charge < -0.3 is 15.4 Å². The number of nitriles is 1. The van der Waals surface area contributed by atoms with Gasteiger partial charge >= 0.3 is 0 Å². The van der Waals surface area contributed by atoms with E-state index in [1.807, 2.05) is 6.07 Å². The van der Waals surface area contributed by atoms with E-state index in [4.69, 9.17) is 22.1 Å². The second-order valence-corrected chi connectivity index (χ2v) is 8.11. The lowest BCUT2D eigenvalue weighted by Gasteiger charge is -2.33. The Morgan fingerprint density at radius 2 is 2.21 bits per heavy atom. The molecule has 140 valence electrons. The smallest absolute Gasteiger partial charge is 0.263 e. The number of rotatable bonds is 0. The van der Waals surface area contributed by atoms with Crippen LogP contribution in [0.25, 0.3) is 0 Å². The number of benzene rings is 1. The Morgan fingerprint density at radius 3 is 2.96 bits per heavy atom.